The third-order valence-electron chi connectivity index (χ3n) is 3.64. The molecule has 1 aromatic rings. The number of carbonyl (C=O) groups excluding carboxylic acids is 1. The maximum absolute atomic E-state index is 11.4. The normalized spacial score (nSPS) is 28.5. The van der Waals surface area contributed by atoms with E-state index in [4.69, 9.17) is 11.5 Å². The molecule has 1 saturated carbocycles. The van der Waals surface area contributed by atoms with Gasteiger partial charge in [-0.25, -0.2) is 0 Å². The zero-order valence-corrected chi connectivity index (χ0v) is 11.8. The summed E-state index contributed by atoms with van der Waals surface area (Å²) < 4.78 is 3.00. The van der Waals surface area contributed by atoms with Gasteiger partial charge in [-0.3, -0.25) is 9.48 Å². The Balaban J connectivity index is 1.97. The van der Waals surface area contributed by atoms with Crippen molar-refractivity contribution in [2.24, 2.45) is 17.4 Å². The van der Waals surface area contributed by atoms with Crippen molar-refractivity contribution in [2.45, 2.75) is 37.8 Å². The van der Waals surface area contributed by atoms with Crippen molar-refractivity contribution in [3.63, 3.8) is 0 Å². The monoisotopic (exact) mass is 348 g/mol. The van der Waals surface area contributed by atoms with E-state index in [1.807, 2.05) is 17.1 Å². The van der Waals surface area contributed by atoms with E-state index >= 15 is 0 Å². The summed E-state index contributed by atoms with van der Waals surface area (Å²) in [6, 6.07) is 0. The Hall–Kier alpha value is -0.630. The fourth-order valence-electron chi connectivity index (χ4n) is 2.58. The lowest BCUT2D eigenvalue weighted by molar-refractivity contribution is -0.124. The highest BCUT2D eigenvalue weighted by Crippen LogP contribution is 2.36. The maximum atomic E-state index is 11.4. The molecule has 0 radical (unpaired) electrons. The van der Waals surface area contributed by atoms with Gasteiger partial charge in [0.25, 0.3) is 0 Å². The van der Waals surface area contributed by atoms with Gasteiger partial charge in [-0.05, 0) is 47.8 Å². The fraction of sp³-hybridized carbons (Fsp3) is 0.636. The zero-order valence-electron chi connectivity index (χ0n) is 9.60. The van der Waals surface area contributed by atoms with Crippen LogP contribution in [-0.4, -0.2) is 21.2 Å². The second kappa shape index (κ2) is 4.93. The number of halogens is 1. The molecule has 1 aliphatic carbocycles. The predicted octanol–water partition coefficient (Wildman–Crippen LogP) is 0.861. The van der Waals surface area contributed by atoms with Gasteiger partial charge >= 0.3 is 0 Å². The molecule has 1 amide bonds. The number of aromatic nitrogens is 2. The van der Waals surface area contributed by atoms with Crippen molar-refractivity contribution < 1.29 is 4.79 Å². The van der Waals surface area contributed by atoms with Crippen LogP contribution in [0.2, 0.25) is 0 Å². The quantitative estimate of drug-likeness (QED) is 0.792. The number of nitrogens with zero attached hydrogens (tertiary/aromatic N) is 2. The summed E-state index contributed by atoms with van der Waals surface area (Å²) in [7, 11) is 0. The summed E-state index contributed by atoms with van der Waals surface area (Å²) in [6.45, 7) is 0.792. The third-order valence-corrected chi connectivity index (χ3v) is 4.20. The first-order chi connectivity index (χ1) is 8.02. The molecule has 4 N–H and O–H groups in total. The number of carbonyl (C=O) groups is 1. The van der Waals surface area contributed by atoms with Crippen molar-refractivity contribution in [3.8, 4) is 0 Å². The first kappa shape index (κ1) is 12.8. The average Bonchev–Trinajstić information content (AvgIpc) is 2.83. The van der Waals surface area contributed by atoms with E-state index < -0.39 is 5.54 Å². The highest BCUT2D eigenvalue weighted by atomic mass is 127. The van der Waals surface area contributed by atoms with E-state index in [0.717, 1.165) is 29.4 Å². The number of hydrogen-bond donors (Lipinski definition) is 2. The first-order valence-corrected chi connectivity index (χ1v) is 6.87. The van der Waals surface area contributed by atoms with Gasteiger partial charge < -0.3 is 11.5 Å². The molecule has 1 fully saturated rings. The lowest BCUT2D eigenvalue weighted by atomic mass is 9.85. The van der Waals surface area contributed by atoms with Crippen LogP contribution in [0.3, 0.4) is 0 Å². The lowest BCUT2D eigenvalue weighted by Crippen LogP contribution is -2.54. The minimum Gasteiger partial charge on any atom is -0.368 e. The molecule has 6 heteroatoms. The van der Waals surface area contributed by atoms with E-state index in [1.54, 1.807) is 0 Å². The van der Waals surface area contributed by atoms with Crippen LogP contribution in [0, 0.1) is 9.49 Å². The van der Waals surface area contributed by atoms with Crippen LogP contribution in [0.4, 0.5) is 0 Å². The van der Waals surface area contributed by atoms with Crippen molar-refractivity contribution in [3.05, 3.63) is 16.0 Å². The number of rotatable bonds is 4. The van der Waals surface area contributed by atoms with Crippen LogP contribution in [-0.2, 0) is 11.3 Å². The van der Waals surface area contributed by atoms with Crippen LogP contribution < -0.4 is 11.5 Å². The molecule has 0 aliphatic heterocycles. The Morgan fingerprint density at radius 2 is 2.47 bits per heavy atom. The van der Waals surface area contributed by atoms with Gasteiger partial charge in [0.1, 0.15) is 0 Å². The SMILES string of the molecule is NC(=O)C1(N)CCCC1CCn1cc(I)cn1. The van der Waals surface area contributed by atoms with E-state index in [-0.39, 0.29) is 11.8 Å². The Bertz CT molecular complexity index is 419. The summed E-state index contributed by atoms with van der Waals surface area (Å²) >= 11 is 2.22. The Labute approximate surface area is 114 Å². The largest absolute Gasteiger partial charge is 0.368 e. The molecule has 2 atom stereocenters. The van der Waals surface area contributed by atoms with Gasteiger partial charge in [0.05, 0.1) is 15.3 Å². The van der Waals surface area contributed by atoms with Crippen LogP contribution in [0.15, 0.2) is 12.4 Å². The van der Waals surface area contributed by atoms with Gasteiger partial charge in [-0.15, -0.1) is 0 Å². The molecule has 0 aromatic carbocycles. The second-order valence-electron chi connectivity index (χ2n) is 4.70. The molecule has 0 saturated heterocycles. The van der Waals surface area contributed by atoms with E-state index in [9.17, 15) is 4.79 Å². The summed E-state index contributed by atoms with van der Waals surface area (Å²) in [6.07, 6.45) is 7.34. The zero-order chi connectivity index (χ0) is 12.5. The Morgan fingerprint density at radius 1 is 1.71 bits per heavy atom. The lowest BCUT2D eigenvalue weighted by Gasteiger charge is -2.27. The Kier molecular flexibility index (Phi) is 3.72. The summed E-state index contributed by atoms with van der Waals surface area (Å²) in [5.74, 6) is -0.183. The third kappa shape index (κ3) is 2.62. The van der Waals surface area contributed by atoms with Crippen LogP contribution in [0.1, 0.15) is 25.7 Å². The first-order valence-electron chi connectivity index (χ1n) is 5.79. The molecule has 0 spiro atoms. The predicted molar refractivity (Wildman–Crippen MR) is 73.0 cm³/mol. The number of aryl methyl sites for hydroxylation is 1. The summed E-state index contributed by atoms with van der Waals surface area (Å²) in [4.78, 5) is 11.4. The minimum atomic E-state index is -0.805. The molecular weight excluding hydrogens is 331 g/mol. The van der Waals surface area contributed by atoms with Crippen molar-refractivity contribution in [1.29, 1.82) is 0 Å². The van der Waals surface area contributed by atoms with Crippen LogP contribution >= 0.6 is 22.6 Å². The number of primary amides is 1. The van der Waals surface area contributed by atoms with Crippen molar-refractivity contribution in [2.75, 3.05) is 0 Å². The van der Waals surface area contributed by atoms with Crippen LogP contribution in [0.5, 0.6) is 0 Å². The average molecular weight is 348 g/mol. The maximum Gasteiger partial charge on any atom is 0.237 e. The molecule has 94 valence electrons. The van der Waals surface area contributed by atoms with Gasteiger partial charge in [0, 0.05) is 12.7 Å². The standard InChI is InChI=1S/C11H17IN4O/c12-9-6-15-16(7-9)5-3-8-2-1-4-11(8,14)10(13)17/h6-8H,1-5,14H2,(H2,13,17). The number of nitrogens with two attached hydrogens (primary N) is 2. The van der Waals surface area contributed by atoms with Crippen LogP contribution in [0.25, 0.3) is 0 Å². The molecule has 2 rings (SSSR count). The minimum absolute atomic E-state index is 0.182. The number of amides is 1. The molecule has 5 nitrogen and oxygen atoms in total. The highest BCUT2D eigenvalue weighted by Gasteiger charge is 2.43. The topological polar surface area (TPSA) is 86.9 Å². The highest BCUT2D eigenvalue weighted by molar-refractivity contribution is 14.1. The fourth-order valence-corrected chi connectivity index (χ4v) is 3.02. The van der Waals surface area contributed by atoms with Gasteiger partial charge in [0.15, 0.2) is 0 Å². The molecule has 2 unspecified atom stereocenters. The smallest absolute Gasteiger partial charge is 0.237 e. The molecule has 1 aromatic heterocycles. The second-order valence-corrected chi connectivity index (χ2v) is 5.95. The molecule has 1 heterocycles. The summed E-state index contributed by atoms with van der Waals surface area (Å²) in [5.41, 5.74) is 10.7. The molecule has 17 heavy (non-hydrogen) atoms. The van der Waals surface area contributed by atoms with Gasteiger partial charge in [0.2, 0.25) is 5.91 Å². The molecule has 1 aliphatic rings. The molecule has 0 bridgehead atoms. The van der Waals surface area contributed by atoms with Gasteiger partial charge in [-0.1, -0.05) is 6.42 Å². The van der Waals surface area contributed by atoms with E-state index in [1.165, 1.54) is 0 Å². The number of hydrogen-bond acceptors (Lipinski definition) is 3. The van der Waals surface area contributed by atoms with Crippen molar-refractivity contribution in [1.82, 2.24) is 9.78 Å². The summed E-state index contributed by atoms with van der Waals surface area (Å²) in [5, 5.41) is 4.22. The van der Waals surface area contributed by atoms with Crippen molar-refractivity contribution >= 4 is 28.5 Å². The van der Waals surface area contributed by atoms with Gasteiger partial charge in [-0.2, -0.15) is 5.10 Å². The van der Waals surface area contributed by atoms with E-state index in [2.05, 4.69) is 27.7 Å². The molecular formula is C11H17IN4O. The van der Waals surface area contributed by atoms with E-state index in [0.29, 0.717) is 6.42 Å². The Morgan fingerprint density at radius 3 is 3.06 bits per heavy atom.